The van der Waals surface area contributed by atoms with Crippen molar-refractivity contribution in [1.29, 1.82) is 0 Å². The van der Waals surface area contributed by atoms with Crippen molar-refractivity contribution in [2.45, 2.75) is 13.5 Å². The van der Waals surface area contributed by atoms with E-state index in [-0.39, 0.29) is 0 Å². The molecule has 0 saturated heterocycles. The highest BCUT2D eigenvalue weighted by Gasteiger charge is 2.08. The van der Waals surface area contributed by atoms with Crippen LogP contribution in [0.1, 0.15) is 11.5 Å². The van der Waals surface area contributed by atoms with Gasteiger partial charge in [-0.1, -0.05) is 5.16 Å². The minimum absolute atomic E-state index is 0.537. The third kappa shape index (κ3) is 1.76. The van der Waals surface area contributed by atoms with Crippen LogP contribution >= 0.6 is 12.2 Å². The Labute approximate surface area is 102 Å². The highest BCUT2D eigenvalue weighted by atomic mass is 32.1. The van der Waals surface area contributed by atoms with Crippen molar-refractivity contribution in [1.82, 2.24) is 19.7 Å². The van der Waals surface area contributed by atoms with Crippen LogP contribution < -0.4 is 0 Å². The Morgan fingerprint density at radius 3 is 3.06 bits per heavy atom. The van der Waals surface area contributed by atoms with Crippen LogP contribution in [0, 0.1) is 11.7 Å². The molecule has 0 aliphatic heterocycles. The molecule has 0 fully saturated rings. The summed E-state index contributed by atoms with van der Waals surface area (Å²) in [5.74, 6) is 0.755. The number of hydrogen-bond acceptors (Lipinski definition) is 4. The second-order valence-corrected chi connectivity index (χ2v) is 4.21. The molecule has 3 rings (SSSR count). The molecule has 1 N–H and O–H groups in total. The van der Waals surface area contributed by atoms with Crippen molar-refractivity contribution in [2.24, 2.45) is 0 Å². The van der Waals surface area contributed by atoms with Crippen LogP contribution in [-0.4, -0.2) is 19.7 Å². The lowest BCUT2D eigenvalue weighted by Gasteiger charge is -2.00. The fourth-order valence-electron chi connectivity index (χ4n) is 1.75. The summed E-state index contributed by atoms with van der Waals surface area (Å²) < 4.78 is 7.62. The zero-order chi connectivity index (χ0) is 11.8. The average Bonchev–Trinajstić information content (AvgIpc) is 2.90. The molecule has 0 aromatic carbocycles. The molecule has 0 aliphatic rings. The molecule has 5 nitrogen and oxygen atoms in total. The van der Waals surface area contributed by atoms with Crippen LogP contribution in [0.25, 0.3) is 11.2 Å². The predicted octanol–water partition coefficient (Wildman–Crippen LogP) is 2.44. The minimum Gasteiger partial charge on any atom is -0.359 e. The number of aryl methyl sites for hydroxylation is 1. The first-order chi connectivity index (χ1) is 8.24. The lowest BCUT2D eigenvalue weighted by Crippen LogP contribution is -2.00. The lowest BCUT2D eigenvalue weighted by molar-refractivity contribution is 0.377. The van der Waals surface area contributed by atoms with Gasteiger partial charge in [-0.3, -0.25) is 4.57 Å². The molecule has 0 atom stereocenters. The summed E-state index contributed by atoms with van der Waals surface area (Å²) in [4.78, 5) is 7.60. The van der Waals surface area contributed by atoms with Crippen molar-refractivity contribution >= 4 is 23.4 Å². The van der Waals surface area contributed by atoms with E-state index in [1.807, 2.05) is 29.7 Å². The Kier molecular flexibility index (Phi) is 2.29. The maximum atomic E-state index is 5.27. The van der Waals surface area contributed by atoms with Crippen LogP contribution in [0.3, 0.4) is 0 Å². The first-order valence-corrected chi connectivity index (χ1v) is 5.60. The summed E-state index contributed by atoms with van der Waals surface area (Å²) in [7, 11) is 0. The van der Waals surface area contributed by atoms with E-state index in [4.69, 9.17) is 16.7 Å². The van der Waals surface area contributed by atoms with E-state index >= 15 is 0 Å². The zero-order valence-corrected chi connectivity index (χ0v) is 9.99. The quantitative estimate of drug-likeness (QED) is 0.705. The number of aromatic amines is 1. The van der Waals surface area contributed by atoms with Gasteiger partial charge in [-0.25, -0.2) is 4.98 Å². The molecular weight excluding hydrogens is 236 g/mol. The van der Waals surface area contributed by atoms with Gasteiger partial charge in [0.15, 0.2) is 16.2 Å². The van der Waals surface area contributed by atoms with E-state index in [9.17, 15) is 0 Å². The topological polar surface area (TPSA) is 59.6 Å². The maximum Gasteiger partial charge on any atom is 0.179 e. The maximum absolute atomic E-state index is 5.27. The molecule has 0 saturated carbocycles. The normalized spacial score (nSPS) is 11.1. The van der Waals surface area contributed by atoms with Gasteiger partial charge in [0, 0.05) is 11.8 Å². The van der Waals surface area contributed by atoms with Crippen molar-refractivity contribution in [2.75, 3.05) is 0 Å². The van der Waals surface area contributed by atoms with Gasteiger partial charge in [-0.05, 0) is 31.3 Å². The van der Waals surface area contributed by atoms with Gasteiger partial charge in [0.25, 0.3) is 0 Å². The van der Waals surface area contributed by atoms with Crippen molar-refractivity contribution in [3.05, 3.63) is 40.6 Å². The molecule has 0 unspecified atom stereocenters. The first kappa shape index (κ1) is 10.2. The summed E-state index contributed by atoms with van der Waals surface area (Å²) in [6, 6.07) is 5.74. The summed E-state index contributed by atoms with van der Waals surface area (Å²) in [5.41, 5.74) is 2.73. The van der Waals surface area contributed by atoms with E-state index in [1.165, 1.54) is 0 Å². The van der Waals surface area contributed by atoms with Crippen LogP contribution in [0.4, 0.5) is 0 Å². The first-order valence-electron chi connectivity index (χ1n) is 5.20. The van der Waals surface area contributed by atoms with Crippen molar-refractivity contribution in [3.63, 3.8) is 0 Å². The number of nitrogens with zero attached hydrogens (tertiary/aromatic N) is 3. The SMILES string of the molecule is Cc1ccc2[nH]c(=S)n(Cc3ccno3)c2n1. The fraction of sp³-hybridized carbons (Fsp3) is 0.182. The molecule has 0 radical (unpaired) electrons. The standard InChI is InChI=1S/C11H10N4OS/c1-7-2-3-9-10(13-7)15(11(17)14-9)6-8-4-5-12-16-8/h2-5H,6H2,1H3,(H,14,17). The van der Waals surface area contributed by atoms with E-state index in [0.717, 1.165) is 22.6 Å². The molecule has 0 bridgehead atoms. The second kappa shape index (κ2) is 3.81. The van der Waals surface area contributed by atoms with E-state index in [1.54, 1.807) is 6.20 Å². The third-order valence-corrected chi connectivity index (χ3v) is 2.88. The van der Waals surface area contributed by atoms with Gasteiger partial charge >= 0.3 is 0 Å². The Hall–Kier alpha value is -1.95. The molecule has 3 aromatic heterocycles. The molecule has 0 amide bonds. The van der Waals surface area contributed by atoms with Crippen LogP contribution in [0.5, 0.6) is 0 Å². The van der Waals surface area contributed by atoms with E-state index in [2.05, 4.69) is 15.1 Å². The largest absolute Gasteiger partial charge is 0.359 e. The van der Waals surface area contributed by atoms with Gasteiger partial charge in [-0.15, -0.1) is 0 Å². The van der Waals surface area contributed by atoms with Crippen LogP contribution in [0.2, 0.25) is 0 Å². The monoisotopic (exact) mass is 246 g/mol. The molecule has 86 valence electrons. The number of fused-ring (bicyclic) bond motifs is 1. The van der Waals surface area contributed by atoms with E-state index < -0.39 is 0 Å². The summed E-state index contributed by atoms with van der Waals surface area (Å²) >= 11 is 5.27. The molecule has 3 heterocycles. The minimum atomic E-state index is 0.537. The van der Waals surface area contributed by atoms with Crippen LogP contribution in [-0.2, 0) is 6.54 Å². The molecule has 6 heteroatoms. The number of H-pyrrole nitrogens is 1. The number of aromatic nitrogens is 4. The van der Waals surface area contributed by atoms with E-state index in [0.29, 0.717) is 11.3 Å². The summed E-state index contributed by atoms with van der Waals surface area (Å²) in [5, 5.41) is 3.68. The van der Waals surface area contributed by atoms with Gasteiger partial charge in [0.2, 0.25) is 0 Å². The number of nitrogens with one attached hydrogen (secondary N) is 1. The summed E-state index contributed by atoms with van der Waals surface area (Å²) in [6.45, 7) is 2.49. The van der Waals surface area contributed by atoms with Gasteiger partial charge in [0.1, 0.15) is 0 Å². The Bertz CT molecular complexity index is 711. The average molecular weight is 246 g/mol. The summed E-state index contributed by atoms with van der Waals surface area (Å²) in [6.07, 6.45) is 1.62. The number of hydrogen-bond donors (Lipinski definition) is 1. The Morgan fingerprint density at radius 2 is 2.29 bits per heavy atom. The van der Waals surface area contributed by atoms with Gasteiger partial charge < -0.3 is 9.51 Å². The number of pyridine rings is 1. The lowest BCUT2D eigenvalue weighted by atomic mass is 10.3. The Balaban J connectivity index is 2.17. The highest BCUT2D eigenvalue weighted by molar-refractivity contribution is 7.71. The number of rotatable bonds is 2. The molecule has 17 heavy (non-hydrogen) atoms. The third-order valence-electron chi connectivity index (χ3n) is 2.56. The molecule has 3 aromatic rings. The van der Waals surface area contributed by atoms with Gasteiger partial charge in [-0.2, -0.15) is 0 Å². The van der Waals surface area contributed by atoms with Gasteiger partial charge in [0.05, 0.1) is 18.3 Å². The number of imidazole rings is 1. The molecular formula is C11H10N4OS. The fourth-order valence-corrected chi connectivity index (χ4v) is 2.01. The second-order valence-electron chi connectivity index (χ2n) is 3.82. The van der Waals surface area contributed by atoms with Crippen molar-refractivity contribution in [3.8, 4) is 0 Å². The Morgan fingerprint density at radius 1 is 1.41 bits per heavy atom. The molecule has 0 aliphatic carbocycles. The van der Waals surface area contributed by atoms with Crippen molar-refractivity contribution < 1.29 is 4.52 Å². The zero-order valence-electron chi connectivity index (χ0n) is 9.17. The smallest absolute Gasteiger partial charge is 0.179 e. The molecule has 0 spiro atoms. The predicted molar refractivity (Wildman–Crippen MR) is 65.3 cm³/mol. The van der Waals surface area contributed by atoms with Crippen LogP contribution in [0.15, 0.2) is 28.9 Å². The highest BCUT2D eigenvalue weighted by Crippen LogP contribution is 2.14.